The van der Waals surface area contributed by atoms with Crippen molar-refractivity contribution in [2.45, 2.75) is 6.92 Å². The number of carbonyl (C=O) groups excluding carboxylic acids is 1. The van der Waals surface area contributed by atoms with E-state index in [0.717, 1.165) is 5.69 Å². The zero-order valence-electron chi connectivity index (χ0n) is 8.84. The minimum atomic E-state index is -0.672. The van der Waals surface area contributed by atoms with E-state index in [9.17, 15) is 9.90 Å². The SMILES string of the molecule is Cc1cc(N=NC2=C(O)COC2=O)nn1C. The highest BCUT2D eigenvalue weighted by Crippen LogP contribution is 2.18. The third kappa shape index (κ3) is 1.79. The van der Waals surface area contributed by atoms with Gasteiger partial charge in [-0.1, -0.05) is 0 Å². The van der Waals surface area contributed by atoms with E-state index in [-0.39, 0.29) is 18.1 Å². The Balaban J connectivity index is 2.21. The Bertz CT molecular complexity index is 481. The van der Waals surface area contributed by atoms with Gasteiger partial charge in [0.15, 0.2) is 18.2 Å². The molecule has 0 radical (unpaired) electrons. The minimum absolute atomic E-state index is 0.144. The maximum absolute atomic E-state index is 11.1. The first-order chi connectivity index (χ1) is 7.58. The van der Waals surface area contributed by atoms with Crippen molar-refractivity contribution in [1.82, 2.24) is 9.78 Å². The molecule has 0 atom stereocenters. The first kappa shape index (κ1) is 10.3. The topological polar surface area (TPSA) is 89.1 Å². The maximum Gasteiger partial charge on any atom is 0.362 e. The largest absolute Gasteiger partial charge is 0.506 e. The molecule has 84 valence electrons. The third-order valence-corrected chi connectivity index (χ3v) is 2.16. The average molecular weight is 222 g/mol. The van der Waals surface area contributed by atoms with Crippen molar-refractivity contribution in [3.63, 3.8) is 0 Å². The highest BCUT2D eigenvalue weighted by Gasteiger charge is 2.24. The first-order valence-electron chi connectivity index (χ1n) is 4.59. The molecule has 0 fully saturated rings. The summed E-state index contributed by atoms with van der Waals surface area (Å²) in [7, 11) is 1.77. The number of aliphatic hydroxyl groups is 1. The fourth-order valence-electron chi connectivity index (χ4n) is 1.18. The highest BCUT2D eigenvalue weighted by atomic mass is 16.5. The van der Waals surface area contributed by atoms with Gasteiger partial charge in [0.1, 0.15) is 0 Å². The molecule has 2 heterocycles. The molecule has 16 heavy (non-hydrogen) atoms. The Morgan fingerprint density at radius 2 is 2.31 bits per heavy atom. The monoisotopic (exact) mass is 222 g/mol. The van der Waals surface area contributed by atoms with Crippen molar-refractivity contribution in [3.8, 4) is 0 Å². The molecule has 1 aliphatic rings. The van der Waals surface area contributed by atoms with Gasteiger partial charge in [0, 0.05) is 18.8 Å². The van der Waals surface area contributed by atoms with Gasteiger partial charge in [-0.3, -0.25) is 4.68 Å². The second kappa shape index (κ2) is 3.76. The molecule has 0 aliphatic carbocycles. The normalized spacial score (nSPS) is 16.2. The first-order valence-corrected chi connectivity index (χ1v) is 4.59. The van der Waals surface area contributed by atoms with Crippen LogP contribution in [0.25, 0.3) is 0 Å². The molecule has 0 spiro atoms. The second-order valence-electron chi connectivity index (χ2n) is 3.34. The lowest BCUT2D eigenvalue weighted by molar-refractivity contribution is -0.136. The summed E-state index contributed by atoms with van der Waals surface area (Å²) in [6.07, 6.45) is 0. The number of rotatable bonds is 2. The Morgan fingerprint density at radius 1 is 1.56 bits per heavy atom. The van der Waals surface area contributed by atoms with Crippen LogP contribution in [-0.2, 0) is 16.6 Å². The van der Waals surface area contributed by atoms with Gasteiger partial charge in [-0.25, -0.2) is 4.79 Å². The summed E-state index contributed by atoms with van der Waals surface area (Å²) in [4.78, 5) is 11.1. The van der Waals surface area contributed by atoms with Crippen molar-refractivity contribution in [2.24, 2.45) is 17.3 Å². The summed E-state index contributed by atoms with van der Waals surface area (Å²) in [6.45, 7) is 1.72. The van der Waals surface area contributed by atoms with E-state index in [4.69, 9.17) is 0 Å². The molecule has 2 rings (SSSR count). The predicted molar refractivity (Wildman–Crippen MR) is 53.1 cm³/mol. The van der Waals surface area contributed by atoms with E-state index in [1.165, 1.54) is 0 Å². The highest BCUT2D eigenvalue weighted by molar-refractivity contribution is 5.90. The Kier molecular flexibility index (Phi) is 2.43. The summed E-state index contributed by atoms with van der Waals surface area (Å²) in [5, 5.41) is 20.6. The molecule has 7 heteroatoms. The minimum Gasteiger partial charge on any atom is -0.506 e. The number of hydrogen-bond acceptors (Lipinski definition) is 6. The van der Waals surface area contributed by atoms with Crippen molar-refractivity contribution in [2.75, 3.05) is 6.61 Å². The molecule has 7 nitrogen and oxygen atoms in total. The summed E-state index contributed by atoms with van der Waals surface area (Å²) in [6, 6.07) is 1.71. The van der Waals surface area contributed by atoms with Crippen molar-refractivity contribution >= 4 is 11.8 Å². The van der Waals surface area contributed by atoms with Crippen LogP contribution in [0.15, 0.2) is 27.8 Å². The van der Waals surface area contributed by atoms with E-state index >= 15 is 0 Å². The number of aliphatic hydroxyl groups excluding tert-OH is 1. The number of azo groups is 1. The number of carbonyl (C=O) groups is 1. The van der Waals surface area contributed by atoms with E-state index in [2.05, 4.69) is 20.1 Å². The average Bonchev–Trinajstić information content (AvgIpc) is 2.70. The molecular formula is C9H10N4O3. The molecule has 1 aliphatic heterocycles. The van der Waals surface area contributed by atoms with Gasteiger partial charge in [0.2, 0.25) is 5.70 Å². The quantitative estimate of drug-likeness (QED) is 0.600. The molecule has 0 saturated carbocycles. The smallest absolute Gasteiger partial charge is 0.362 e. The molecule has 1 aromatic rings. The van der Waals surface area contributed by atoms with Gasteiger partial charge in [0.05, 0.1) is 0 Å². The Labute approximate surface area is 91.0 Å². The van der Waals surface area contributed by atoms with Crippen LogP contribution in [0.1, 0.15) is 5.69 Å². The number of cyclic esters (lactones) is 1. The number of aromatic nitrogens is 2. The van der Waals surface area contributed by atoms with Gasteiger partial charge in [0.25, 0.3) is 0 Å². The van der Waals surface area contributed by atoms with Gasteiger partial charge in [-0.15, -0.1) is 10.2 Å². The van der Waals surface area contributed by atoms with Crippen molar-refractivity contribution in [3.05, 3.63) is 23.2 Å². The number of hydrogen-bond donors (Lipinski definition) is 1. The Morgan fingerprint density at radius 3 is 2.81 bits per heavy atom. The van der Waals surface area contributed by atoms with Crippen molar-refractivity contribution < 1.29 is 14.6 Å². The number of nitrogens with zero attached hydrogens (tertiary/aromatic N) is 4. The molecule has 0 saturated heterocycles. The maximum atomic E-state index is 11.1. The number of aryl methyl sites for hydroxylation is 2. The van der Waals surface area contributed by atoms with Crippen LogP contribution in [0, 0.1) is 6.92 Å². The van der Waals surface area contributed by atoms with Crippen LogP contribution >= 0.6 is 0 Å². The zero-order valence-corrected chi connectivity index (χ0v) is 8.84. The fraction of sp³-hybridized carbons (Fsp3) is 0.333. The van der Waals surface area contributed by atoms with Gasteiger partial charge >= 0.3 is 5.97 Å². The molecule has 0 unspecified atom stereocenters. The lowest BCUT2D eigenvalue weighted by Gasteiger charge is -1.88. The lowest BCUT2D eigenvalue weighted by atomic mass is 10.4. The van der Waals surface area contributed by atoms with Crippen LogP contribution in [-0.4, -0.2) is 27.5 Å². The predicted octanol–water partition coefficient (Wildman–Crippen LogP) is 1.14. The molecular weight excluding hydrogens is 212 g/mol. The summed E-state index contributed by atoms with van der Waals surface area (Å²) in [5.41, 5.74) is 0.754. The summed E-state index contributed by atoms with van der Waals surface area (Å²) < 4.78 is 6.19. The van der Waals surface area contributed by atoms with Gasteiger partial charge in [-0.2, -0.15) is 5.10 Å². The van der Waals surface area contributed by atoms with E-state index in [0.29, 0.717) is 5.82 Å². The van der Waals surface area contributed by atoms with Crippen LogP contribution in [0.4, 0.5) is 5.82 Å². The van der Waals surface area contributed by atoms with Gasteiger partial charge in [-0.05, 0) is 6.92 Å². The summed E-state index contributed by atoms with van der Waals surface area (Å²) in [5.74, 6) is -0.504. The molecule has 1 aromatic heterocycles. The molecule has 0 amide bonds. The molecule has 0 aromatic carbocycles. The number of ether oxygens (including phenoxy) is 1. The Hall–Kier alpha value is -2.18. The summed E-state index contributed by atoms with van der Waals surface area (Å²) >= 11 is 0. The number of esters is 1. The second-order valence-corrected chi connectivity index (χ2v) is 3.34. The van der Waals surface area contributed by atoms with Crippen LogP contribution < -0.4 is 0 Å². The van der Waals surface area contributed by atoms with Crippen LogP contribution in [0.3, 0.4) is 0 Å². The van der Waals surface area contributed by atoms with E-state index < -0.39 is 5.97 Å². The van der Waals surface area contributed by atoms with E-state index in [1.54, 1.807) is 17.8 Å². The van der Waals surface area contributed by atoms with Crippen LogP contribution in [0.5, 0.6) is 0 Å². The van der Waals surface area contributed by atoms with Crippen molar-refractivity contribution in [1.29, 1.82) is 0 Å². The van der Waals surface area contributed by atoms with E-state index in [1.807, 2.05) is 6.92 Å². The standard InChI is InChI=1S/C9H10N4O3/c1-5-3-7(12-13(5)2)10-11-8-6(14)4-16-9(8)15/h3,14H,4H2,1-2H3. The third-order valence-electron chi connectivity index (χ3n) is 2.16. The lowest BCUT2D eigenvalue weighted by Crippen LogP contribution is -1.96. The van der Waals surface area contributed by atoms with Crippen LogP contribution in [0.2, 0.25) is 0 Å². The fourth-order valence-corrected chi connectivity index (χ4v) is 1.18. The zero-order chi connectivity index (χ0) is 11.7. The van der Waals surface area contributed by atoms with Gasteiger partial charge < -0.3 is 9.84 Å². The molecule has 1 N–H and O–H groups in total. The molecule has 0 bridgehead atoms.